The Hall–Kier alpha value is -2.28. The molecule has 0 atom stereocenters. The minimum Gasteiger partial charge on any atom is -0.478 e. The number of anilines is 1. The molecule has 0 aliphatic rings. The first kappa shape index (κ1) is 18.5. The van der Waals surface area contributed by atoms with Crippen LogP contribution in [-0.4, -0.2) is 17.0 Å². The van der Waals surface area contributed by atoms with Gasteiger partial charge in [0.2, 0.25) is 0 Å². The molecule has 0 saturated carbocycles. The summed E-state index contributed by atoms with van der Waals surface area (Å²) in [7, 11) is 0. The Morgan fingerprint density at radius 2 is 1.69 bits per heavy atom. The van der Waals surface area contributed by atoms with Crippen LogP contribution in [0.5, 0.6) is 0 Å². The van der Waals surface area contributed by atoms with Gasteiger partial charge in [-0.05, 0) is 36.4 Å². The Bertz CT molecular complexity index is 999. The number of carboxylic acid groups (broad SMARTS) is 1. The van der Waals surface area contributed by atoms with Crippen LogP contribution >= 0.6 is 39.1 Å². The first-order valence-corrected chi connectivity index (χ1v) is 8.79. The van der Waals surface area contributed by atoms with Gasteiger partial charge in [0.05, 0.1) is 21.3 Å². The van der Waals surface area contributed by atoms with Crippen LogP contribution in [0.15, 0.2) is 57.4 Å². The van der Waals surface area contributed by atoms with E-state index in [4.69, 9.17) is 32.7 Å². The Morgan fingerprint density at radius 3 is 2.35 bits per heavy atom. The molecular formula is C18H10BrCl2NO4. The van der Waals surface area contributed by atoms with Crippen molar-refractivity contribution in [3.05, 3.63) is 74.4 Å². The number of nitrogens with one attached hydrogen (secondary N) is 1. The van der Waals surface area contributed by atoms with Gasteiger partial charge in [-0.2, -0.15) is 0 Å². The number of carboxylic acids is 1. The van der Waals surface area contributed by atoms with Crippen molar-refractivity contribution in [1.82, 2.24) is 0 Å². The van der Waals surface area contributed by atoms with Crippen LogP contribution in [0.1, 0.15) is 20.9 Å². The van der Waals surface area contributed by atoms with Gasteiger partial charge in [0.25, 0.3) is 5.91 Å². The van der Waals surface area contributed by atoms with Gasteiger partial charge in [0, 0.05) is 10.0 Å². The third kappa shape index (κ3) is 3.93. The fraction of sp³-hybridized carbons (Fsp3) is 0. The van der Waals surface area contributed by atoms with Crippen molar-refractivity contribution >= 4 is 56.7 Å². The molecule has 0 aliphatic heterocycles. The fourth-order valence-corrected chi connectivity index (χ4v) is 3.00. The molecule has 3 aromatic rings. The summed E-state index contributed by atoms with van der Waals surface area (Å²) in [5.41, 5.74) is 0.770. The molecule has 0 saturated heterocycles. The number of halogens is 3. The van der Waals surface area contributed by atoms with Crippen LogP contribution in [0.2, 0.25) is 10.0 Å². The summed E-state index contributed by atoms with van der Waals surface area (Å²) >= 11 is 15.2. The second-order valence-electron chi connectivity index (χ2n) is 5.24. The number of benzene rings is 2. The minimum absolute atomic E-state index is 0.0176. The number of amides is 1. The number of hydrogen-bond donors (Lipinski definition) is 2. The van der Waals surface area contributed by atoms with Crippen molar-refractivity contribution in [2.45, 2.75) is 0 Å². The molecule has 26 heavy (non-hydrogen) atoms. The highest BCUT2D eigenvalue weighted by Gasteiger charge is 2.17. The zero-order valence-electron chi connectivity index (χ0n) is 12.9. The maximum Gasteiger partial charge on any atom is 0.337 e. The summed E-state index contributed by atoms with van der Waals surface area (Å²) in [6, 6.07) is 13.1. The zero-order valence-corrected chi connectivity index (χ0v) is 16.0. The van der Waals surface area contributed by atoms with Crippen LogP contribution in [-0.2, 0) is 0 Å². The predicted molar refractivity (Wildman–Crippen MR) is 103 cm³/mol. The molecular weight excluding hydrogens is 445 g/mol. The van der Waals surface area contributed by atoms with Crippen molar-refractivity contribution < 1.29 is 19.1 Å². The van der Waals surface area contributed by atoms with Crippen LogP contribution in [0.3, 0.4) is 0 Å². The number of carbonyl (C=O) groups excluding carboxylic acids is 1. The lowest BCUT2D eigenvalue weighted by Crippen LogP contribution is -2.12. The van der Waals surface area contributed by atoms with Gasteiger partial charge in [-0.1, -0.05) is 51.3 Å². The van der Waals surface area contributed by atoms with E-state index < -0.39 is 11.9 Å². The van der Waals surface area contributed by atoms with Gasteiger partial charge in [0.15, 0.2) is 5.76 Å². The van der Waals surface area contributed by atoms with Crippen LogP contribution in [0, 0.1) is 0 Å². The molecule has 0 fully saturated rings. The quantitative estimate of drug-likeness (QED) is 0.509. The highest BCUT2D eigenvalue weighted by molar-refractivity contribution is 9.10. The first-order chi connectivity index (χ1) is 12.3. The third-order valence-corrected chi connectivity index (χ3v) is 4.65. The van der Waals surface area contributed by atoms with E-state index in [2.05, 4.69) is 21.2 Å². The van der Waals surface area contributed by atoms with E-state index in [-0.39, 0.29) is 27.1 Å². The molecule has 132 valence electrons. The number of hydrogen-bond acceptors (Lipinski definition) is 3. The van der Waals surface area contributed by atoms with Gasteiger partial charge in [-0.15, -0.1) is 0 Å². The van der Waals surface area contributed by atoms with Crippen molar-refractivity contribution in [2.24, 2.45) is 0 Å². The summed E-state index contributed by atoms with van der Waals surface area (Å²) in [6.45, 7) is 0. The van der Waals surface area contributed by atoms with Gasteiger partial charge >= 0.3 is 5.97 Å². The van der Waals surface area contributed by atoms with Crippen molar-refractivity contribution in [3.8, 4) is 11.3 Å². The van der Waals surface area contributed by atoms with E-state index in [9.17, 15) is 9.59 Å². The zero-order chi connectivity index (χ0) is 18.8. The highest BCUT2D eigenvalue weighted by Crippen LogP contribution is 2.30. The van der Waals surface area contributed by atoms with E-state index in [1.54, 1.807) is 6.07 Å². The second-order valence-corrected chi connectivity index (χ2v) is 6.97. The molecule has 2 N–H and O–H groups in total. The second kappa shape index (κ2) is 7.53. The van der Waals surface area contributed by atoms with Crippen LogP contribution in [0.25, 0.3) is 11.3 Å². The largest absolute Gasteiger partial charge is 0.478 e. The molecule has 0 unspecified atom stereocenters. The topological polar surface area (TPSA) is 79.5 Å². The summed E-state index contributed by atoms with van der Waals surface area (Å²) in [5, 5.41) is 11.7. The molecule has 0 aliphatic carbocycles. The number of furan rings is 1. The van der Waals surface area contributed by atoms with E-state index in [0.717, 1.165) is 10.0 Å². The Kier molecular flexibility index (Phi) is 5.36. The molecule has 1 heterocycles. The summed E-state index contributed by atoms with van der Waals surface area (Å²) in [4.78, 5) is 23.5. The van der Waals surface area contributed by atoms with Crippen LogP contribution < -0.4 is 5.32 Å². The van der Waals surface area contributed by atoms with Gasteiger partial charge in [-0.3, -0.25) is 4.79 Å². The average Bonchev–Trinajstić information content (AvgIpc) is 3.07. The standard InChI is InChI=1S/C18H10BrCl2NO4/c19-10-3-1-9(2-4-10)15-5-6-16(26-15)17(23)22-14-7-11(18(24)25)12(20)8-13(14)21/h1-8H,(H,22,23)(H,24,25). The van der Waals surface area contributed by atoms with Gasteiger partial charge in [-0.25, -0.2) is 4.79 Å². The van der Waals surface area contributed by atoms with Gasteiger partial charge in [0.1, 0.15) is 5.76 Å². The lowest BCUT2D eigenvalue weighted by atomic mass is 10.2. The van der Waals surface area contributed by atoms with Gasteiger partial charge < -0.3 is 14.8 Å². The van der Waals surface area contributed by atoms with Crippen molar-refractivity contribution in [2.75, 3.05) is 5.32 Å². The minimum atomic E-state index is -1.22. The smallest absolute Gasteiger partial charge is 0.337 e. The maximum atomic E-state index is 12.4. The monoisotopic (exact) mass is 453 g/mol. The molecule has 0 spiro atoms. The third-order valence-electron chi connectivity index (χ3n) is 3.49. The Morgan fingerprint density at radius 1 is 1.00 bits per heavy atom. The Labute approximate surface area is 166 Å². The molecule has 3 rings (SSSR count). The highest BCUT2D eigenvalue weighted by atomic mass is 79.9. The van der Waals surface area contributed by atoms with Crippen molar-refractivity contribution in [1.29, 1.82) is 0 Å². The SMILES string of the molecule is O=C(Nc1cc(C(=O)O)c(Cl)cc1Cl)c1ccc(-c2ccc(Br)cc2)o1. The number of aromatic carboxylic acids is 1. The summed E-state index contributed by atoms with van der Waals surface area (Å²) in [6.07, 6.45) is 0. The van der Waals surface area contributed by atoms with E-state index in [0.29, 0.717) is 5.76 Å². The lowest BCUT2D eigenvalue weighted by molar-refractivity contribution is 0.0696. The Balaban J connectivity index is 1.84. The molecule has 0 bridgehead atoms. The molecule has 1 aromatic heterocycles. The number of carbonyl (C=O) groups is 2. The summed E-state index contributed by atoms with van der Waals surface area (Å²) < 4.78 is 6.50. The number of rotatable bonds is 4. The van der Waals surface area contributed by atoms with E-state index in [1.807, 2.05) is 24.3 Å². The fourth-order valence-electron chi connectivity index (χ4n) is 2.22. The van der Waals surface area contributed by atoms with E-state index in [1.165, 1.54) is 18.2 Å². The molecule has 0 radical (unpaired) electrons. The molecule has 2 aromatic carbocycles. The summed E-state index contributed by atoms with van der Waals surface area (Å²) in [5.74, 6) is -1.20. The molecule has 5 nitrogen and oxygen atoms in total. The molecule has 8 heteroatoms. The first-order valence-electron chi connectivity index (χ1n) is 7.24. The normalized spacial score (nSPS) is 10.6. The molecule has 1 amide bonds. The van der Waals surface area contributed by atoms with Crippen molar-refractivity contribution in [3.63, 3.8) is 0 Å². The maximum absolute atomic E-state index is 12.4. The van der Waals surface area contributed by atoms with Crippen LogP contribution in [0.4, 0.5) is 5.69 Å². The predicted octanol–water partition coefficient (Wildman–Crippen LogP) is 5.97. The lowest BCUT2D eigenvalue weighted by Gasteiger charge is -2.08. The van der Waals surface area contributed by atoms with E-state index >= 15 is 0 Å². The average molecular weight is 455 g/mol.